The average Bonchev–Trinajstić information content (AvgIpc) is 3.51. The number of ether oxygens (including phenoxy) is 1. The molecule has 9 heteroatoms. The maximum Gasteiger partial charge on any atom is 0.306 e. The van der Waals surface area contributed by atoms with E-state index in [1.54, 1.807) is 18.7 Å². The van der Waals surface area contributed by atoms with Gasteiger partial charge in [-0.25, -0.2) is 17.4 Å². The zero-order chi connectivity index (χ0) is 26.0. The molecule has 0 radical (unpaired) electrons. The van der Waals surface area contributed by atoms with Crippen LogP contribution < -0.4 is 0 Å². The first-order valence-corrected chi connectivity index (χ1v) is 14.1. The fourth-order valence-corrected chi connectivity index (χ4v) is 7.03. The monoisotopic (exact) mass is 512 g/mol. The average molecular weight is 513 g/mol. The molecule has 4 rings (SSSR count). The normalized spacial score (nSPS) is 15.6. The van der Waals surface area contributed by atoms with Crippen LogP contribution in [0.5, 0.6) is 0 Å². The number of fused-ring (bicyclic) bond motifs is 1. The number of benzene rings is 2. The van der Waals surface area contributed by atoms with Crippen LogP contribution in [0.3, 0.4) is 0 Å². The molecule has 3 aromatic rings. The van der Waals surface area contributed by atoms with Crippen LogP contribution in [0.15, 0.2) is 30.3 Å². The Hall–Kier alpha value is -2.78. The van der Waals surface area contributed by atoms with Gasteiger partial charge in [0.25, 0.3) is 0 Å². The first-order chi connectivity index (χ1) is 17.1. The zero-order valence-corrected chi connectivity index (χ0v) is 22.6. The molecule has 1 saturated carbocycles. The van der Waals surface area contributed by atoms with Crippen molar-refractivity contribution in [2.24, 2.45) is 7.05 Å². The van der Waals surface area contributed by atoms with Gasteiger partial charge in [-0.05, 0) is 67.5 Å². The third kappa shape index (κ3) is 5.18. The molecule has 0 bridgehead atoms. The van der Waals surface area contributed by atoms with E-state index in [4.69, 9.17) is 4.74 Å². The largest absolute Gasteiger partial charge is 0.466 e. The second-order valence-electron chi connectivity index (χ2n) is 9.82. The number of sulfonamides is 1. The standard InChI is InChI=1S/C27H36N4O4S/c1-6-35-26(32)16-24(23-13-14-25-27(19(23)3)28-29-31(25)5)20-12-11-18(2)21(15-20)17-30(4)36(33,34)22-9-7-8-10-22/h11-15,22,24H,6-10,16-17H2,1-5H3. The van der Waals surface area contributed by atoms with E-state index in [9.17, 15) is 13.2 Å². The van der Waals surface area contributed by atoms with E-state index in [0.29, 0.717) is 13.2 Å². The summed E-state index contributed by atoms with van der Waals surface area (Å²) in [6.07, 6.45) is 3.59. The minimum absolute atomic E-state index is 0.180. The van der Waals surface area contributed by atoms with E-state index < -0.39 is 10.0 Å². The van der Waals surface area contributed by atoms with Gasteiger partial charge in [-0.2, -0.15) is 0 Å². The van der Waals surface area contributed by atoms with E-state index in [0.717, 1.165) is 64.5 Å². The van der Waals surface area contributed by atoms with E-state index >= 15 is 0 Å². The minimum atomic E-state index is -3.35. The Kier molecular flexibility index (Phi) is 7.80. The van der Waals surface area contributed by atoms with Crippen molar-refractivity contribution in [3.8, 4) is 0 Å². The summed E-state index contributed by atoms with van der Waals surface area (Å²) in [6.45, 7) is 6.41. The number of aromatic nitrogens is 3. The molecular weight excluding hydrogens is 476 g/mol. The molecule has 0 N–H and O–H groups in total. The first kappa shape index (κ1) is 26.3. The molecule has 1 aromatic heterocycles. The van der Waals surface area contributed by atoms with Crippen LogP contribution in [0.25, 0.3) is 11.0 Å². The molecule has 2 aromatic carbocycles. The number of carbonyl (C=O) groups is 1. The van der Waals surface area contributed by atoms with E-state index in [-0.39, 0.29) is 23.6 Å². The third-order valence-electron chi connectivity index (χ3n) is 7.46. The number of aryl methyl sites for hydroxylation is 3. The number of nitrogens with zero attached hydrogens (tertiary/aromatic N) is 4. The Morgan fingerprint density at radius 3 is 2.61 bits per heavy atom. The van der Waals surface area contributed by atoms with Crippen molar-refractivity contribution in [1.82, 2.24) is 19.3 Å². The Morgan fingerprint density at radius 2 is 1.92 bits per heavy atom. The lowest BCUT2D eigenvalue weighted by atomic mass is 9.84. The molecular formula is C27H36N4O4S. The van der Waals surface area contributed by atoms with E-state index in [2.05, 4.69) is 10.3 Å². The van der Waals surface area contributed by atoms with Crippen molar-refractivity contribution >= 4 is 27.0 Å². The number of carbonyl (C=O) groups excluding carboxylic acids is 1. The predicted octanol–water partition coefficient (Wildman–Crippen LogP) is 4.37. The lowest BCUT2D eigenvalue weighted by Gasteiger charge is -2.24. The highest BCUT2D eigenvalue weighted by molar-refractivity contribution is 7.89. The lowest BCUT2D eigenvalue weighted by Crippen LogP contribution is -2.34. The van der Waals surface area contributed by atoms with Crippen molar-refractivity contribution in [2.75, 3.05) is 13.7 Å². The molecule has 1 heterocycles. The van der Waals surface area contributed by atoms with Crippen LogP contribution in [0, 0.1) is 13.8 Å². The van der Waals surface area contributed by atoms with Crippen LogP contribution in [0.4, 0.5) is 0 Å². The van der Waals surface area contributed by atoms with Crippen molar-refractivity contribution in [3.63, 3.8) is 0 Å². The van der Waals surface area contributed by atoms with Crippen LogP contribution in [0.1, 0.15) is 72.8 Å². The van der Waals surface area contributed by atoms with Crippen molar-refractivity contribution in [2.45, 2.75) is 70.6 Å². The Morgan fingerprint density at radius 1 is 1.19 bits per heavy atom. The van der Waals surface area contributed by atoms with E-state index in [1.165, 1.54) is 4.31 Å². The predicted molar refractivity (Wildman–Crippen MR) is 140 cm³/mol. The topological polar surface area (TPSA) is 94.4 Å². The first-order valence-electron chi connectivity index (χ1n) is 12.6. The summed E-state index contributed by atoms with van der Waals surface area (Å²) < 4.78 is 34.8. The summed E-state index contributed by atoms with van der Waals surface area (Å²) in [6, 6.07) is 10.1. The van der Waals surface area contributed by atoms with Gasteiger partial charge >= 0.3 is 5.97 Å². The van der Waals surface area contributed by atoms with Crippen molar-refractivity contribution < 1.29 is 17.9 Å². The van der Waals surface area contributed by atoms with Crippen LogP contribution in [0.2, 0.25) is 0 Å². The summed E-state index contributed by atoms with van der Waals surface area (Å²) in [5.74, 6) is -0.532. The maximum absolute atomic E-state index is 13.1. The molecule has 1 atom stereocenters. The summed E-state index contributed by atoms with van der Waals surface area (Å²) in [5.41, 5.74) is 6.58. The maximum atomic E-state index is 13.1. The molecule has 36 heavy (non-hydrogen) atoms. The lowest BCUT2D eigenvalue weighted by molar-refractivity contribution is -0.143. The van der Waals surface area contributed by atoms with Gasteiger partial charge in [-0.15, -0.1) is 5.10 Å². The highest BCUT2D eigenvalue weighted by Crippen LogP contribution is 2.35. The molecule has 194 valence electrons. The highest BCUT2D eigenvalue weighted by Gasteiger charge is 2.32. The van der Waals surface area contributed by atoms with Crippen molar-refractivity contribution in [3.05, 3.63) is 58.1 Å². The van der Waals surface area contributed by atoms with Gasteiger partial charge < -0.3 is 4.74 Å². The highest BCUT2D eigenvalue weighted by atomic mass is 32.2. The van der Waals surface area contributed by atoms with Gasteiger partial charge in [0, 0.05) is 26.6 Å². The van der Waals surface area contributed by atoms with Gasteiger partial charge in [0.15, 0.2) is 0 Å². The fraction of sp³-hybridized carbons (Fsp3) is 0.519. The third-order valence-corrected chi connectivity index (χ3v) is 9.77. The molecule has 1 aliphatic carbocycles. The van der Waals surface area contributed by atoms with Crippen LogP contribution in [-0.4, -0.2) is 52.6 Å². The number of hydrogen-bond acceptors (Lipinski definition) is 6. The fourth-order valence-electron chi connectivity index (χ4n) is 5.27. The second kappa shape index (κ2) is 10.7. The minimum Gasteiger partial charge on any atom is -0.466 e. The Balaban J connectivity index is 1.71. The summed E-state index contributed by atoms with van der Waals surface area (Å²) in [4.78, 5) is 12.6. The molecule has 1 aliphatic rings. The summed E-state index contributed by atoms with van der Waals surface area (Å²) in [7, 11) is 0.170. The molecule has 8 nitrogen and oxygen atoms in total. The number of esters is 1. The molecule has 0 aliphatic heterocycles. The number of rotatable bonds is 9. The van der Waals surface area contributed by atoms with Crippen LogP contribution >= 0.6 is 0 Å². The van der Waals surface area contributed by atoms with Gasteiger partial charge in [0.05, 0.1) is 23.8 Å². The molecule has 0 amide bonds. The van der Waals surface area contributed by atoms with E-state index in [1.807, 2.05) is 51.2 Å². The van der Waals surface area contributed by atoms with Gasteiger partial charge in [0.1, 0.15) is 5.52 Å². The number of hydrogen-bond donors (Lipinski definition) is 0. The Labute approximate surface area is 213 Å². The SMILES string of the molecule is CCOC(=O)CC(c1ccc(C)c(CN(C)S(=O)(=O)C2CCCC2)c1)c1ccc2c(nnn2C)c1C. The summed E-state index contributed by atoms with van der Waals surface area (Å²) in [5, 5.41) is 8.19. The smallest absolute Gasteiger partial charge is 0.306 e. The summed E-state index contributed by atoms with van der Waals surface area (Å²) >= 11 is 0. The molecule has 1 fully saturated rings. The Bertz CT molecular complexity index is 1360. The van der Waals surface area contributed by atoms with Crippen molar-refractivity contribution in [1.29, 1.82) is 0 Å². The molecule has 0 spiro atoms. The molecule has 1 unspecified atom stereocenters. The second-order valence-corrected chi connectivity index (χ2v) is 12.1. The zero-order valence-electron chi connectivity index (χ0n) is 21.8. The van der Waals surface area contributed by atoms with Gasteiger partial charge in [-0.3, -0.25) is 4.79 Å². The van der Waals surface area contributed by atoms with Crippen LogP contribution in [-0.2, 0) is 33.1 Å². The quantitative estimate of drug-likeness (QED) is 0.395. The van der Waals surface area contributed by atoms with Gasteiger partial charge in [0.2, 0.25) is 10.0 Å². The van der Waals surface area contributed by atoms with Gasteiger partial charge in [-0.1, -0.05) is 42.3 Å². The molecule has 0 saturated heterocycles.